The number of urea groups is 1. The van der Waals surface area contributed by atoms with E-state index in [-0.39, 0.29) is 11.6 Å². The van der Waals surface area contributed by atoms with Gasteiger partial charge in [0, 0.05) is 18.8 Å². The van der Waals surface area contributed by atoms with Crippen LogP contribution in [0.3, 0.4) is 0 Å². The molecule has 2 rings (SSSR count). The van der Waals surface area contributed by atoms with Crippen LogP contribution in [0.15, 0.2) is 24.3 Å². The Morgan fingerprint density at radius 2 is 2.00 bits per heavy atom. The minimum Gasteiger partial charge on any atom is -0.389 e. The zero-order valence-electron chi connectivity index (χ0n) is 13.9. The smallest absolute Gasteiger partial charge is 0.389 e. The number of anilines is 1. The minimum absolute atomic E-state index is 0.109. The van der Waals surface area contributed by atoms with Gasteiger partial charge in [0.15, 0.2) is 0 Å². The van der Waals surface area contributed by atoms with Crippen molar-refractivity contribution in [1.29, 1.82) is 0 Å². The van der Waals surface area contributed by atoms with Crippen LogP contribution in [0, 0.1) is 5.92 Å². The van der Waals surface area contributed by atoms with Gasteiger partial charge in [-0.15, -0.1) is 0 Å². The van der Waals surface area contributed by atoms with Crippen molar-refractivity contribution in [2.45, 2.75) is 44.9 Å². The van der Waals surface area contributed by atoms with Crippen LogP contribution in [0.1, 0.15) is 38.7 Å². The summed E-state index contributed by atoms with van der Waals surface area (Å²) < 4.78 is 38.1. The molecule has 1 aromatic rings. The molecular weight excluding hydrogens is 321 g/mol. The Hall–Kier alpha value is -1.76. The Labute approximate surface area is 139 Å². The lowest BCUT2D eigenvalue weighted by molar-refractivity contribution is -0.137. The molecule has 1 aliphatic rings. The Morgan fingerprint density at radius 3 is 2.54 bits per heavy atom. The summed E-state index contributed by atoms with van der Waals surface area (Å²) in [6.45, 7) is 4.75. The quantitative estimate of drug-likeness (QED) is 0.867. The number of hydrogen-bond donors (Lipinski definition) is 2. The molecule has 0 radical (unpaired) electrons. The Bertz CT molecular complexity index is 581. The van der Waals surface area contributed by atoms with Crippen molar-refractivity contribution in [3.05, 3.63) is 29.8 Å². The van der Waals surface area contributed by atoms with E-state index in [9.17, 15) is 23.1 Å². The number of nitrogens with one attached hydrogen (secondary N) is 1. The van der Waals surface area contributed by atoms with Crippen molar-refractivity contribution in [2.24, 2.45) is 5.92 Å². The summed E-state index contributed by atoms with van der Waals surface area (Å²) in [6, 6.07) is 4.11. The average Bonchev–Trinajstić information content (AvgIpc) is 2.54. The van der Waals surface area contributed by atoms with Crippen LogP contribution in [-0.2, 0) is 6.18 Å². The highest BCUT2D eigenvalue weighted by Gasteiger charge is 2.37. The molecule has 1 saturated heterocycles. The molecule has 1 heterocycles. The maximum atomic E-state index is 12.7. The standard InChI is InChI=1S/C17H23F3N2O2/c1-3-12(2)16(24)7-9-22(10-8-16)15(23)21-14-6-4-5-13(11-14)17(18,19)20/h4-6,11-12,24H,3,7-10H2,1-2H3,(H,21,23). The molecule has 0 aliphatic carbocycles. The fraction of sp³-hybridized carbons (Fsp3) is 0.588. The molecule has 2 N–H and O–H groups in total. The average molecular weight is 344 g/mol. The maximum Gasteiger partial charge on any atom is 0.416 e. The summed E-state index contributed by atoms with van der Waals surface area (Å²) in [4.78, 5) is 13.8. The molecule has 4 nitrogen and oxygen atoms in total. The zero-order chi connectivity index (χ0) is 18.0. The SMILES string of the molecule is CCC(C)C1(O)CCN(C(=O)Nc2cccc(C(F)(F)F)c2)CC1. The maximum absolute atomic E-state index is 12.7. The third-order valence-electron chi connectivity index (χ3n) is 4.89. The summed E-state index contributed by atoms with van der Waals surface area (Å²) in [5.41, 5.74) is -1.47. The monoisotopic (exact) mass is 344 g/mol. The van der Waals surface area contributed by atoms with Gasteiger partial charge in [0.1, 0.15) is 0 Å². The van der Waals surface area contributed by atoms with Crippen molar-refractivity contribution >= 4 is 11.7 Å². The lowest BCUT2D eigenvalue weighted by Crippen LogP contribution is -2.50. The zero-order valence-corrected chi connectivity index (χ0v) is 13.9. The fourth-order valence-electron chi connectivity index (χ4n) is 2.95. The van der Waals surface area contributed by atoms with Gasteiger partial charge >= 0.3 is 12.2 Å². The van der Waals surface area contributed by atoms with Gasteiger partial charge in [0.25, 0.3) is 0 Å². The lowest BCUT2D eigenvalue weighted by atomic mass is 9.79. The van der Waals surface area contributed by atoms with Crippen molar-refractivity contribution in [3.8, 4) is 0 Å². The molecule has 134 valence electrons. The van der Waals surface area contributed by atoms with Crippen LogP contribution in [0.4, 0.5) is 23.7 Å². The highest BCUT2D eigenvalue weighted by atomic mass is 19.4. The number of benzene rings is 1. The number of piperidine rings is 1. The molecule has 1 atom stereocenters. The largest absolute Gasteiger partial charge is 0.416 e. The van der Waals surface area contributed by atoms with Gasteiger partial charge in [-0.1, -0.05) is 26.3 Å². The molecule has 7 heteroatoms. The summed E-state index contributed by atoms with van der Waals surface area (Å²) in [5, 5.41) is 13.1. The van der Waals surface area contributed by atoms with E-state index >= 15 is 0 Å². The molecule has 1 aliphatic heterocycles. The summed E-state index contributed by atoms with van der Waals surface area (Å²) in [6.07, 6.45) is -2.65. The number of likely N-dealkylation sites (tertiary alicyclic amines) is 1. The third-order valence-corrected chi connectivity index (χ3v) is 4.89. The Morgan fingerprint density at radius 1 is 1.38 bits per heavy atom. The van der Waals surface area contributed by atoms with E-state index in [4.69, 9.17) is 0 Å². The van der Waals surface area contributed by atoms with Crippen molar-refractivity contribution in [3.63, 3.8) is 0 Å². The van der Waals surface area contributed by atoms with E-state index in [2.05, 4.69) is 5.32 Å². The third kappa shape index (κ3) is 4.20. The van der Waals surface area contributed by atoms with E-state index < -0.39 is 23.4 Å². The molecule has 0 aromatic heterocycles. The highest BCUT2D eigenvalue weighted by Crippen LogP contribution is 2.33. The van der Waals surface area contributed by atoms with Crippen LogP contribution >= 0.6 is 0 Å². The van der Waals surface area contributed by atoms with Crippen molar-refractivity contribution < 1.29 is 23.1 Å². The first-order valence-corrected chi connectivity index (χ1v) is 8.11. The number of carbonyl (C=O) groups is 1. The summed E-state index contributed by atoms with van der Waals surface area (Å²) >= 11 is 0. The minimum atomic E-state index is -4.45. The topological polar surface area (TPSA) is 52.6 Å². The van der Waals surface area contributed by atoms with Crippen LogP contribution in [0.2, 0.25) is 0 Å². The normalized spacial score (nSPS) is 19.0. The number of amides is 2. The first-order valence-electron chi connectivity index (χ1n) is 8.11. The van der Waals surface area contributed by atoms with Crippen LogP contribution in [0.25, 0.3) is 0 Å². The Kier molecular flexibility index (Phi) is 5.42. The van der Waals surface area contributed by atoms with Crippen LogP contribution < -0.4 is 5.32 Å². The second-order valence-corrected chi connectivity index (χ2v) is 6.41. The second-order valence-electron chi connectivity index (χ2n) is 6.41. The molecular formula is C17H23F3N2O2. The van der Waals surface area contributed by atoms with Crippen molar-refractivity contribution in [1.82, 2.24) is 4.90 Å². The predicted molar refractivity (Wildman–Crippen MR) is 85.7 cm³/mol. The number of nitrogens with zero attached hydrogens (tertiary/aromatic N) is 1. The van der Waals surface area contributed by atoms with Crippen molar-refractivity contribution in [2.75, 3.05) is 18.4 Å². The molecule has 24 heavy (non-hydrogen) atoms. The molecule has 0 bridgehead atoms. The molecule has 0 spiro atoms. The van der Waals surface area contributed by atoms with Gasteiger partial charge in [-0.05, 0) is 37.0 Å². The number of halogens is 3. The second kappa shape index (κ2) is 7.01. The first kappa shape index (κ1) is 18.6. The Balaban J connectivity index is 1.97. The number of aliphatic hydroxyl groups is 1. The number of alkyl halides is 3. The van der Waals surface area contributed by atoms with Crippen LogP contribution in [-0.4, -0.2) is 34.7 Å². The van der Waals surface area contributed by atoms with Gasteiger partial charge in [-0.3, -0.25) is 0 Å². The fourth-order valence-corrected chi connectivity index (χ4v) is 2.95. The number of rotatable bonds is 3. The molecule has 2 amide bonds. The van der Waals surface area contributed by atoms with Gasteiger partial charge in [0.2, 0.25) is 0 Å². The summed E-state index contributed by atoms with van der Waals surface area (Å²) in [7, 11) is 0. The predicted octanol–water partition coefficient (Wildman–Crippen LogP) is 4.11. The van der Waals surface area contributed by atoms with E-state index in [1.807, 2.05) is 13.8 Å². The lowest BCUT2D eigenvalue weighted by Gasteiger charge is -2.41. The first-order chi connectivity index (χ1) is 11.2. The van der Waals surface area contributed by atoms with Gasteiger partial charge < -0.3 is 15.3 Å². The van der Waals surface area contributed by atoms with E-state index in [0.29, 0.717) is 25.9 Å². The highest BCUT2D eigenvalue weighted by molar-refractivity contribution is 5.89. The van der Waals surface area contributed by atoms with Crippen LogP contribution in [0.5, 0.6) is 0 Å². The molecule has 1 aromatic carbocycles. The molecule has 0 saturated carbocycles. The molecule has 1 unspecified atom stereocenters. The van der Waals surface area contributed by atoms with E-state index in [0.717, 1.165) is 18.6 Å². The van der Waals surface area contributed by atoms with Gasteiger partial charge in [0.05, 0.1) is 11.2 Å². The summed E-state index contributed by atoms with van der Waals surface area (Å²) in [5.74, 6) is 0.145. The number of hydrogen-bond acceptors (Lipinski definition) is 2. The number of carbonyl (C=O) groups excluding carboxylic acids is 1. The van der Waals surface area contributed by atoms with Gasteiger partial charge in [-0.2, -0.15) is 13.2 Å². The van der Waals surface area contributed by atoms with E-state index in [1.54, 1.807) is 0 Å². The molecule has 1 fully saturated rings. The van der Waals surface area contributed by atoms with E-state index in [1.165, 1.54) is 17.0 Å². The van der Waals surface area contributed by atoms with Gasteiger partial charge in [-0.25, -0.2) is 4.79 Å².